The van der Waals surface area contributed by atoms with Crippen LogP contribution in [0.25, 0.3) is 54.9 Å². The standard InChI is InChI=1S/C35H25BrN4/c1-20-10-12-21(13-11-20)34-35-26(23-6-3-5-9-31(23)39-35)17-32(40-34)33(27-18-37-29-8-4-2-7-24(27)29)28-19-38-30-15-14-22(36)16-25(28)30/h2-19,33,37-39H,1H3. The number of nitrogens with one attached hydrogen (secondary N) is 3. The molecule has 0 fully saturated rings. The Kier molecular flexibility index (Phi) is 5.22. The molecule has 40 heavy (non-hydrogen) atoms. The van der Waals surface area contributed by atoms with Crippen molar-refractivity contribution in [1.82, 2.24) is 19.9 Å². The summed E-state index contributed by atoms with van der Waals surface area (Å²) >= 11 is 3.71. The molecule has 0 spiro atoms. The van der Waals surface area contributed by atoms with Crippen LogP contribution < -0.4 is 0 Å². The summed E-state index contributed by atoms with van der Waals surface area (Å²) in [4.78, 5) is 16.2. The highest BCUT2D eigenvalue weighted by atomic mass is 79.9. The third kappa shape index (κ3) is 3.62. The Morgan fingerprint density at radius 1 is 0.650 bits per heavy atom. The van der Waals surface area contributed by atoms with Crippen LogP contribution >= 0.6 is 15.9 Å². The lowest BCUT2D eigenvalue weighted by atomic mass is 9.86. The molecule has 4 heterocycles. The third-order valence-electron chi connectivity index (χ3n) is 8.06. The molecule has 0 saturated carbocycles. The van der Waals surface area contributed by atoms with Gasteiger partial charge < -0.3 is 15.0 Å². The maximum absolute atomic E-state index is 5.47. The van der Waals surface area contributed by atoms with Gasteiger partial charge in [0.2, 0.25) is 0 Å². The predicted octanol–water partition coefficient (Wildman–Crippen LogP) is 9.60. The number of benzene rings is 4. The normalized spacial score (nSPS) is 12.7. The van der Waals surface area contributed by atoms with E-state index in [1.807, 2.05) is 0 Å². The van der Waals surface area contributed by atoms with E-state index in [4.69, 9.17) is 4.98 Å². The largest absolute Gasteiger partial charge is 0.361 e. The Labute approximate surface area is 239 Å². The minimum absolute atomic E-state index is 0.0959. The number of aromatic nitrogens is 4. The van der Waals surface area contributed by atoms with Crippen LogP contribution in [0.2, 0.25) is 0 Å². The Hall–Kier alpha value is -4.61. The number of aryl methyl sites for hydroxylation is 1. The van der Waals surface area contributed by atoms with E-state index in [1.165, 1.54) is 38.2 Å². The van der Waals surface area contributed by atoms with Crippen LogP contribution in [-0.4, -0.2) is 19.9 Å². The Balaban J connectivity index is 1.48. The Morgan fingerprint density at radius 3 is 2.12 bits per heavy atom. The lowest BCUT2D eigenvalue weighted by Crippen LogP contribution is -2.06. The van der Waals surface area contributed by atoms with Crippen molar-refractivity contribution in [3.8, 4) is 11.3 Å². The molecule has 0 radical (unpaired) electrons. The molecule has 0 aliphatic rings. The first-order valence-electron chi connectivity index (χ1n) is 13.4. The number of rotatable bonds is 4. The molecule has 4 aromatic carbocycles. The van der Waals surface area contributed by atoms with Crippen molar-refractivity contribution in [2.24, 2.45) is 0 Å². The zero-order valence-electron chi connectivity index (χ0n) is 21.8. The van der Waals surface area contributed by atoms with Gasteiger partial charge >= 0.3 is 0 Å². The van der Waals surface area contributed by atoms with E-state index in [0.29, 0.717) is 0 Å². The molecule has 3 N–H and O–H groups in total. The number of hydrogen-bond donors (Lipinski definition) is 3. The highest BCUT2D eigenvalue weighted by Crippen LogP contribution is 2.42. The number of pyridine rings is 1. The summed E-state index contributed by atoms with van der Waals surface area (Å²) in [5, 5.41) is 4.77. The molecule has 4 aromatic heterocycles. The summed E-state index contributed by atoms with van der Waals surface area (Å²) in [6.45, 7) is 2.12. The van der Waals surface area contributed by atoms with Crippen LogP contribution in [0, 0.1) is 6.92 Å². The summed E-state index contributed by atoms with van der Waals surface area (Å²) in [5.41, 5.74) is 11.1. The zero-order chi connectivity index (χ0) is 26.8. The summed E-state index contributed by atoms with van der Waals surface area (Å²) in [6.07, 6.45) is 4.30. The maximum Gasteiger partial charge on any atom is 0.0946 e. The minimum atomic E-state index is -0.0959. The average Bonchev–Trinajstić information content (AvgIpc) is 3.69. The molecule has 8 rings (SSSR count). The molecule has 8 aromatic rings. The molecule has 4 nitrogen and oxygen atoms in total. The second kappa shape index (κ2) is 8.97. The summed E-state index contributed by atoms with van der Waals surface area (Å²) in [6, 6.07) is 34.4. The van der Waals surface area contributed by atoms with Gasteiger partial charge in [-0.1, -0.05) is 82.2 Å². The highest BCUT2D eigenvalue weighted by molar-refractivity contribution is 9.10. The van der Waals surface area contributed by atoms with Crippen LogP contribution in [0.4, 0.5) is 0 Å². The molecule has 1 atom stereocenters. The number of H-pyrrole nitrogens is 3. The molecular formula is C35H25BrN4. The summed E-state index contributed by atoms with van der Waals surface area (Å²) in [7, 11) is 0. The highest BCUT2D eigenvalue weighted by Gasteiger charge is 2.26. The lowest BCUT2D eigenvalue weighted by Gasteiger charge is -2.18. The summed E-state index contributed by atoms with van der Waals surface area (Å²) < 4.78 is 1.05. The summed E-state index contributed by atoms with van der Waals surface area (Å²) in [5.74, 6) is -0.0959. The maximum atomic E-state index is 5.47. The van der Waals surface area contributed by atoms with Crippen LogP contribution in [0.15, 0.2) is 114 Å². The second-order valence-electron chi connectivity index (χ2n) is 10.5. The molecule has 0 saturated heterocycles. The number of hydrogen-bond acceptors (Lipinski definition) is 1. The van der Waals surface area contributed by atoms with E-state index >= 15 is 0 Å². The SMILES string of the molecule is Cc1ccc(-c2nc(C(c3c[nH]c4ccccc34)c3c[nH]c4ccc(Br)cc34)cc3c2[nH]c2ccccc23)cc1. The first kappa shape index (κ1) is 23.3. The molecule has 0 amide bonds. The van der Waals surface area contributed by atoms with Crippen LogP contribution in [0.5, 0.6) is 0 Å². The molecule has 0 aliphatic carbocycles. The van der Waals surface area contributed by atoms with Crippen LogP contribution in [0.3, 0.4) is 0 Å². The van der Waals surface area contributed by atoms with E-state index in [-0.39, 0.29) is 5.92 Å². The van der Waals surface area contributed by atoms with Crippen molar-refractivity contribution in [2.45, 2.75) is 12.8 Å². The van der Waals surface area contributed by atoms with Gasteiger partial charge in [-0.15, -0.1) is 0 Å². The van der Waals surface area contributed by atoms with Gasteiger partial charge in [0, 0.05) is 60.5 Å². The molecular weight excluding hydrogens is 556 g/mol. The second-order valence-corrected chi connectivity index (χ2v) is 11.4. The topological polar surface area (TPSA) is 60.3 Å². The van der Waals surface area contributed by atoms with Crippen LogP contribution in [0.1, 0.15) is 28.3 Å². The molecule has 192 valence electrons. The molecule has 1 unspecified atom stereocenters. The number of nitrogens with zero attached hydrogens (tertiary/aromatic N) is 1. The van der Waals surface area contributed by atoms with Crippen molar-refractivity contribution in [1.29, 1.82) is 0 Å². The van der Waals surface area contributed by atoms with E-state index in [2.05, 4.69) is 147 Å². The monoisotopic (exact) mass is 580 g/mol. The van der Waals surface area contributed by atoms with Crippen LogP contribution in [-0.2, 0) is 0 Å². The van der Waals surface area contributed by atoms with Crippen molar-refractivity contribution >= 4 is 59.5 Å². The predicted molar refractivity (Wildman–Crippen MR) is 169 cm³/mol. The Morgan fingerprint density at radius 2 is 1.32 bits per heavy atom. The fraction of sp³-hybridized carbons (Fsp3) is 0.0571. The van der Waals surface area contributed by atoms with Gasteiger partial charge in [-0.05, 0) is 54.4 Å². The molecule has 0 aliphatic heterocycles. The van der Waals surface area contributed by atoms with Gasteiger partial charge in [0.05, 0.1) is 22.8 Å². The van der Waals surface area contributed by atoms with Gasteiger partial charge in [0.15, 0.2) is 0 Å². The minimum Gasteiger partial charge on any atom is -0.361 e. The zero-order valence-corrected chi connectivity index (χ0v) is 23.4. The third-order valence-corrected chi connectivity index (χ3v) is 8.55. The van der Waals surface area contributed by atoms with Gasteiger partial charge in [-0.2, -0.15) is 0 Å². The fourth-order valence-corrected chi connectivity index (χ4v) is 6.47. The van der Waals surface area contributed by atoms with Gasteiger partial charge in [-0.25, -0.2) is 4.98 Å². The number of aromatic amines is 3. The molecule has 5 heteroatoms. The van der Waals surface area contributed by atoms with Crippen molar-refractivity contribution < 1.29 is 0 Å². The van der Waals surface area contributed by atoms with E-state index < -0.39 is 0 Å². The van der Waals surface area contributed by atoms with Crippen molar-refractivity contribution in [2.75, 3.05) is 0 Å². The smallest absolute Gasteiger partial charge is 0.0946 e. The first-order chi connectivity index (χ1) is 19.6. The van der Waals surface area contributed by atoms with Gasteiger partial charge in [0.1, 0.15) is 0 Å². The van der Waals surface area contributed by atoms with Gasteiger partial charge in [0.25, 0.3) is 0 Å². The average molecular weight is 582 g/mol. The van der Waals surface area contributed by atoms with E-state index in [9.17, 15) is 0 Å². The van der Waals surface area contributed by atoms with Crippen molar-refractivity contribution in [3.05, 3.63) is 136 Å². The number of fused-ring (bicyclic) bond motifs is 5. The Bertz CT molecular complexity index is 2200. The van der Waals surface area contributed by atoms with Crippen molar-refractivity contribution in [3.63, 3.8) is 0 Å². The number of para-hydroxylation sites is 2. The molecule has 0 bridgehead atoms. The fourth-order valence-electron chi connectivity index (χ4n) is 6.11. The first-order valence-corrected chi connectivity index (χ1v) is 14.2. The quantitative estimate of drug-likeness (QED) is 0.190. The van der Waals surface area contributed by atoms with Gasteiger partial charge in [-0.3, -0.25) is 0 Å². The lowest BCUT2D eigenvalue weighted by molar-refractivity contribution is 0.941. The number of halogens is 1. The van der Waals surface area contributed by atoms with E-state index in [0.717, 1.165) is 43.5 Å². The van der Waals surface area contributed by atoms with E-state index in [1.54, 1.807) is 0 Å².